The van der Waals surface area contributed by atoms with E-state index in [0.717, 1.165) is 16.2 Å². The Balaban J connectivity index is 1.65. The number of nitrogens with zero attached hydrogens (tertiary/aromatic N) is 2. The molecule has 100 valence electrons. The molecule has 0 amide bonds. The SMILES string of the molecule is N#Cc1ccc(NC2CCN3CCCC3C2)cc1Br. The molecule has 2 unspecified atom stereocenters. The van der Waals surface area contributed by atoms with Gasteiger partial charge in [0.25, 0.3) is 0 Å². The molecule has 0 aliphatic carbocycles. The minimum absolute atomic E-state index is 0.569. The molecule has 2 heterocycles. The molecule has 2 atom stereocenters. The highest BCUT2D eigenvalue weighted by Crippen LogP contribution is 2.29. The van der Waals surface area contributed by atoms with Gasteiger partial charge in [0.15, 0.2) is 0 Å². The Hall–Kier alpha value is -1.05. The molecular weight excluding hydrogens is 302 g/mol. The molecule has 0 aromatic heterocycles. The fraction of sp³-hybridized carbons (Fsp3) is 0.533. The van der Waals surface area contributed by atoms with Crippen LogP contribution >= 0.6 is 15.9 Å². The highest BCUT2D eigenvalue weighted by Gasteiger charge is 2.31. The van der Waals surface area contributed by atoms with Gasteiger partial charge in [-0.05, 0) is 66.4 Å². The van der Waals surface area contributed by atoms with Crippen LogP contribution in [0.1, 0.15) is 31.2 Å². The van der Waals surface area contributed by atoms with Gasteiger partial charge in [-0.15, -0.1) is 0 Å². The number of rotatable bonds is 2. The van der Waals surface area contributed by atoms with Crippen LogP contribution in [0.4, 0.5) is 5.69 Å². The summed E-state index contributed by atoms with van der Waals surface area (Å²) in [5.74, 6) is 0. The van der Waals surface area contributed by atoms with E-state index in [-0.39, 0.29) is 0 Å². The zero-order chi connectivity index (χ0) is 13.2. The summed E-state index contributed by atoms with van der Waals surface area (Å²) >= 11 is 3.45. The molecule has 0 radical (unpaired) electrons. The Labute approximate surface area is 122 Å². The molecule has 0 saturated carbocycles. The van der Waals surface area contributed by atoms with Gasteiger partial charge >= 0.3 is 0 Å². The minimum atomic E-state index is 0.569. The van der Waals surface area contributed by atoms with Gasteiger partial charge in [-0.2, -0.15) is 5.26 Å². The van der Waals surface area contributed by atoms with Gasteiger partial charge in [0.1, 0.15) is 6.07 Å². The first kappa shape index (κ1) is 13.0. The number of anilines is 1. The van der Waals surface area contributed by atoms with Gasteiger partial charge < -0.3 is 10.2 Å². The molecule has 2 aliphatic heterocycles. The van der Waals surface area contributed by atoms with Crippen molar-refractivity contribution >= 4 is 21.6 Å². The topological polar surface area (TPSA) is 39.1 Å². The lowest BCUT2D eigenvalue weighted by Gasteiger charge is -2.35. The predicted molar refractivity (Wildman–Crippen MR) is 80.1 cm³/mol. The van der Waals surface area contributed by atoms with Crippen LogP contribution in [0.3, 0.4) is 0 Å². The van der Waals surface area contributed by atoms with Crippen molar-refractivity contribution in [1.82, 2.24) is 4.90 Å². The van der Waals surface area contributed by atoms with Crippen molar-refractivity contribution in [1.29, 1.82) is 5.26 Å². The van der Waals surface area contributed by atoms with Gasteiger partial charge in [0.05, 0.1) is 5.56 Å². The highest BCUT2D eigenvalue weighted by molar-refractivity contribution is 9.10. The monoisotopic (exact) mass is 319 g/mol. The van der Waals surface area contributed by atoms with Crippen molar-refractivity contribution in [2.24, 2.45) is 0 Å². The van der Waals surface area contributed by atoms with E-state index in [1.807, 2.05) is 18.2 Å². The van der Waals surface area contributed by atoms with Crippen LogP contribution < -0.4 is 5.32 Å². The summed E-state index contributed by atoms with van der Waals surface area (Å²) in [6.07, 6.45) is 5.18. The number of benzene rings is 1. The van der Waals surface area contributed by atoms with Crippen LogP contribution in [0.5, 0.6) is 0 Å². The molecular formula is C15H18BrN3. The summed E-state index contributed by atoms with van der Waals surface area (Å²) in [4.78, 5) is 2.63. The lowest BCUT2D eigenvalue weighted by atomic mass is 9.97. The van der Waals surface area contributed by atoms with Crippen LogP contribution in [-0.2, 0) is 0 Å². The van der Waals surface area contributed by atoms with E-state index >= 15 is 0 Å². The number of halogens is 1. The second kappa shape index (κ2) is 5.52. The number of nitriles is 1. The summed E-state index contributed by atoms with van der Waals surface area (Å²) in [7, 11) is 0. The normalized spacial score (nSPS) is 26.7. The fourth-order valence-electron chi connectivity index (χ4n) is 3.29. The van der Waals surface area contributed by atoms with Crippen molar-refractivity contribution in [2.75, 3.05) is 18.4 Å². The molecule has 0 spiro atoms. The molecule has 1 aromatic carbocycles. The van der Waals surface area contributed by atoms with E-state index in [9.17, 15) is 0 Å². The van der Waals surface area contributed by atoms with Crippen LogP contribution in [0.25, 0.3) is 0 Å². The summed E-state index contributed by atoms with van der Waals surface area (Å²) in [6, 6.07) is 9.42. The van der Waals surface area contributed by atoms with Gasteiger partial charge in [-0.25, -0.2) is 0 Å². The molecule has 19 heavy (non-hydrogen) atoms. The first-order chi connectivity index (χ1) is 9.26. The Kier molecular flexibility index (Phi) is 3.76. The zero-order valence-electron chi connectivity index (χ0n) is 10.9. The largest absolute Gasteiger partial charge is 0.382 e. The average Bonchev–Trinajstić information content (AvgIpc) is 2.86. The quantitative estimate of drug-likeness (QED) is 0.908. The van der Waals surface area contributed by atoms with Gasteiger partial charge in [-0.3, -0.25) is 0 Å². The Morgan fingerprint density at radius 1 is 1.32 bits per heavy atom. The van der Waals surface area contributed by atoms with E-state index < -0.39 is 0 Å². The number of hydrogen-bond donors (Lipinski definition) is 1. The van der Waals surface area contributed by atoms with Crippen molar-refractivity contribution in [3.05, 3.63) is 28.2 Å². The second-order valence-corrected chi connectivity index (χ2v) is 6.36. The van der Waals surface area contributed by atoms with E-state index in [2.05, 4.69) is 32.2 Å². The maximum Gasteiger partial charge on any atom is 0.100 e. The van der Waals surface area contributed by atoms with E-state index in [1.165, 1.54) is 38.8 Å². The van der Waals surface area contributed by atoms with Gasteiger partial charge in [0, 0.05) is 28.8 Å². The number of fused-ring (bicyclic) bond motifs is 1. The van der Waals surface area contributed by atoms with Crippen molar-refractivity contribution in [2.45, 2.75) is 37.8 Å². The Morgan fingerprint density at radius 3 is 3.00 bits per heavy atom. The van der Waals surface area contributed by atoms with Crippen LogP contribution in [0.15, 0.2) is 22.7 Å². The molecule has 2 aliphatic rings. The number of nitrogens with one attached hydrogen (secondary N) is 1. The third-order valence-electron chi connectivity index (χ3n) is 4.28. The third-order valence-corrected chi connectivity index (χ3v) is 4.94. The van der Waals surface area contributed by atoms with Gasteiger partial charge in [-0.1, -0.05) is 0 Å². The molecule has 1 N–H and O–H groups in total. The first-order valence-electron chi connectivity index (χ1n) is 6.96. The number of hydrogen-bond acceptors (Lipinski definition) is 3. The van der Waals surface area contributed by atoms with E-state index in [4.69, 9.17) is 5.26 Å². The Bertz CT molecular complexity index is 509. The first-order valence-corrected chi connectivity index (χ1v) is 7.76. The third kappa shape index (κ3) is 2.77. The van der Waals surface area contributed by atoms with Crippen molar-refractivity contribution in [3.8, 4) is 6.07 Å². The number of piperidine rings is 1. The molecule has 2 saturated heterocycles. The standard InChI is InChI=1S/C15H18BrN3/c16-15-9-12(4-3-11(15)10-17)18-13-5-7-19-6-1-2-14(19)8-13/h3-4,9,13-14,18H,1-2,5-8H2. The molecule has 0 bridgehead atoms. The molecule has 3 nitrogen and oxygen atoms in total. The zero-order valence-corrected chi connectivity index (χ0v) is 12.5. The summed E-state index contributed by atoms with van der Waals surface area (Å²) in [5.41, 5.74) is 1.80. The predicted octanol–water partition coefficient (Wildman–Crippen LogP) is 3.36. The molecule has 2 fully saturated rings. The molecule has 1 aromatic rings. The smallest absolute Gasteiger partial charge is 0.100 e. The average molecular weight is 320 g/mol. The highest BCUT2D eigenvalue weighted by atomic mass is 79.9. The van der Waals surface area contributed by atoms with Crippen LogP contribution in [-0.4, -0.2) is 30.1 Å². The fourth-order valence-corrected chi connectivity index (χ4v) is 3.75. The minimum Gasteiger partial charge on any atom is -0.382 e. The van der Waals surface area contributed by atoms with Gasteiger partial charge in [0.2, 0.25) is 0 Å². The Morgan fingerprint density at radius 2 is 2.21 bits per heavy atom. The lowest BCUT2D eigenvalue weighted by Crippen LogP contribution is -2.42. The molecule has 3 rings (SSSR count). The second-order valence-electron chi connectivity index (χ2n) is 5.50. The lowest BCUT2D eigenvalue weighted by molar-refractivity contribution is 0.188. The molecule has 4 heteroatoms. The summed E-state index contributed by atoms with van der Waals surface area (Å²) < 4.78 is 0.873. The summed E-state index contributed by atoms with van der Waals surface area (Å²) in [6.45, 7) is 2.51. The van der Waals surface area contributed by atoms with Crippen molar-refractivity contribution in [3.63, 3.8) is 0 Å². The maximum absolute atomic E-state index is 8.93. The van der Waals surface area contributed by atoms with E-state index in [1.54, 1.807) is 0 Å². The maximum atomic E-state index is 8.93. The summed E-state index contributed by atoms with van der Waals surface area (Å²) in [5, 5.41) is 12.5. The van der Waals surface area contributed by atoms with E-state index in [0.29, 0.717) is 11.6 Å². The van der Waals surface area contributed by atoms with Crippen molar-refractivity contribution < 1.29 is 0 Å². The van der Waals surface area contributed by atoms with Crippen LogP contribution in [0.2, 0.25) is 0 Å². The van der Waals surface area contributed by atoms with Crippen LogP contribution in [0, 0.1) is 11.3 Å².